The molecule has 0 aromatic heterocycles. The van der Waals surface area contributed by atoms with Crippen LogP contribution in [0.2, 0.25) is 0 Å². The molecule has 2 heteroatoms. The molecule has 1 amide bonds. The first-order valence-electron chi connectivity index (χ1n) is 5.51. The number of benzene rings is 2. The molecule has 0 bridgehead atoms. The summed E-state index contributed by atoms with van der Waals surface area (Å²) in [6.07, 6.45) is 1.75. The van der Waals surface area contributed by atoms with Gasteiger partial charge < -0.3 is 5.32 Å². The smallest absolute Gasteiger partial charge is 0.251 e. The standard InChI is InChI=1S/C12H11NO.C3H6.H2/c1-13-12(14)11-7-6-9-4-2-3-5-10(9)8-11;1-3-2;/h2-8H,1H3,(H,13,14);3H,1H2,2H3;1H. The van der Waals surface area contributed by atoms with E-state index in [2.05, 4.69) is 11.9 Å². The SMILES string of the molecule is C=CC.CNC(=O)c1ccc2ccccc2c1.[HH]. The molecule has 0 unspecified atom stereocenters. The molecule has 0 aliphatic heterocycles. The molecule has 90 valence electrons. The number of hydrogen-bond acceptors (Lipinski definition) is 1. The Bertz CT molecular complexity index is 523. The maximum absolute atomic E-state index is 11.3. The molecule has 0 aliphatic carbocycles. The van der Waals surface area contributed by atoms with Gasteiger partial charge in [-0.05, 0) is 29.8 Å². The van der Waals surface area contributed by atoms with E-state index in [0.717, 1.165) is 10.8 Å². The molecule has 2 aromatic carbocycles. The number of hydrogen-bond donors (Lipinski definition) is 1. The van der Waals surface area contributed by atoms with Crippen LogP contribution in [0.3, 0.4) is 0 Å². The summed E-state index contributed by atoms with van der Waals surface area (Å²) in [5.41, 5.74) is 0.700. The van der Waals surface area contributed by atoms with E-state index in [1.807, 2.05) is 49.4 Å². The summed E-state index contributed by atoms with van der Waals surface area (Å²) in [5, 5.41) is 4.85. The van der Waals surface area contributed by atoms with Crippen molar-refractivity contribution >= 4 is 16.7 Å². The zero-order chi connectivity index (χ0) is 12.7. The van der Waals surface area contributed by atoms with Crippen molar-refractivity contribution in [3.63, 3.8) is 0 Å². The van der Waals surface area contributed by atoms with Crippen LogP contribution in [0.25, 0.3) is 10.8 Å². The Hall–Kier alpha value is -2.09. The number of carbonyl (C=O) groups is 1. The van der Waals surface area contributed by atoms with Gasteiger partial charge >= 0.3 is 0 Å². The third-order valence-electron chi connectivity index (χ3n) is 2.24. The van der Waals surface area contributed by atoms with Gasteiger partial charge in [0.25, 0.3) is 5.91 Å². The van der Waals surface area contributed by atoms with E-state index in [4.69, 9.17) is 0 Å². The average Bonchev–Trinajstić information content (AvgIpc) is 2.38. The lowest BCUT2D eigenvalue weighted by molar-refractivity contribution is 0.0963. The zero-order valence-corrected chi connectivity index (χ0v) is 10.2. The fourth-order valence-corrected chi connectivity index (χ4v) is 1.47. The zero-order valence-electron chi connectivity index (χ0n) is 10.2. The lowest BCUT2D eigenvalue weighted by atomic mass is 10.1. The number of allylic oxidation sites excluding steroid dienone is 1. The maximum Gasteiger partial charge on any atom is 0.251 e. The molecule has 0 radical (unpaired) electrons. The highest BCUT2D eigenvalue weighted by Crippen LogP contribution is 2.15. The highest BCUT2D eigenvalue weighted by molar-refractivity contribution is 5.98. The van der Waals surface area contributed by atoms with Crippen LogP contribution in [0.4, 0.5) is 0 Å². The molecule has 17 heavy (non-hydrogen) atoms. The van der Waals surface area contributed by atoms with E-state index in [1.165, 1.54) is 0 Å². The van der Waals surface area contributed by atoms with Crippen molar-refractivity contribution in [2.24, 2.45) is 0 Å². The molecule has 0 fully saturated rings. The van der Waals surface area contributed by atoms with Crippen molar-refractivity contribution in [3.8, 4) is 0 Å². The molecular weight excluding hydrogens is 210 g/mol. The van der Waals surface area contributed by atoms with Gasteiger partial charge in [0.1, 0.15) is 0 Å². The summed E-state index contributed by atoms with van der Waals surface area (Å²) in [7, 11) is 1.64. The fourth-order valence-electron chi connectivity index (χ4n) is 1.47. The van der Waals surface area contributed by atoms with E-state index in [-0.39, 0.29) is 7.33 Å². The normalized spacial score (nSPS) is 9.06. The lowest BCUT2D eigenvalue weighted by Gasteiger charge is -2.01. The largest absolute Gasteiger partial charge is 0.355 e. The second-order valence-corrected chi connectivity index (χ2v) is 3.55. The van der Waals surface area contributed by atoms with Gasteiger partial charge in [-0.3, -0.25) is 4.79 Å². The van der Waals surface area contributed by atoms with Crippen LogP contribution in [0.1, 0.15) is 18.7 Å². The maximum atomic E-state index is 11.3. The molecule has 0 atom stereocenters. The summed E-state index contributed by atoms with van der Waals surface area (Å²) in [5.74, 6) is -0.0456. The number of carbonyl (C=O) groups excluding carboxylic acids is 1. The second kappa shape index (κ2) is 6.48. The van der Waals surface area contributed by atoms with Gasteiger partial charge in [0, 0.05) is 14.0 Å². The van der Waals surface area contributed by atoms with Gasteiger partial charge in [0.15, 0.2) is 0 Å². The first kappa shape index (κ1) is 13.0. The second-order valence-electron chi connectivity index (χ2n) is 3.55. The van der Waals surface area contributed by atoms with Gasteiger partial charge in [0.2, 0.25) is 0 Å². The summed E-state index contributed by atoms with van der Waals surface area (Å²) in [6, 6.07) is 13.7. The molecule has 2 nitrogen and oxygen atoms in total. The molecule has 0 heterocycles. The monoisotopic (exact) mass is 229 g/mol. The van der Waals surface area contributed by atoms with E-state index in [0.29, 0.717) is 5.56 Å². The highest BCUT2D eigenvalue weighted by atomic mass is 16.1. The van der Waals surface area contributed by atoms with Crippen LogP contribution in [0.15, 0.2) is 55.1 Å². The van der Waals surface area contributed by atoms with Crippen LogP contribution in [-0.4, -0.2) is 13.0 Å². The van der Waals surface area contributed by atoms with Crippen LogP contribution < -0.4 is 5.32 Å². The van der Waals surface area contributed by atoms with Crippen molar-refractivity contribution in [1.29, 1.82) is 0 Å². The van der Waals surface area contributed by atoms with Crippen molar-refractivity contribution in [3.05, 3.63) is 60.7 Å². The predicted octanol–water partition coefficient (Wildman–Crippen LogP) is 3.64. The molecule has 0 saturated carbocycles. The number of fused-ring (bicyclic) bond motifs is 1. The van der Waals surface area contributed by atoms with Crippen LogP contribution in [0, 0.1) is 0 Å². The summed E-state index contributed by atoms with van der Waals surface area (Å²) in [4.78, 5) is 11.3. The minimum atomic E-state index is -0.0456. The highest BCUT2D eigenvalue weighted by Gasteiger charge is 2.02. The molecular formula is C15H19NO. The third-order valence-corrected chi connectivity index (χ3v) is 2.24. The van der Waals surface area contributed by atoms with Gasteiger partial charge in [-0.2, -0.15) is 0 Å². The molecule has 2 aromatic rings. The Balaban J connectivity index is 0.000000660. The fraction of sp³-hybridized carbons (Fsp3) is 0.133. The molecule has 1 N–H and O–H groups in total. The first-order chi connectivity index (χ1) is 8.22. The molecule has 0 aliphatic rings. The summed E-state index contributed by atoms with van der Waals surface area (Å²) < 4.78 is 0. The van der Waals surface area contributed by atoms with E-state index >= 15 is 0 Å². The van der Waals surface area contributed by atoms with Crippen LogP contribution >= 0.6 is 0 Å². The number of amides is 1. The first-order valence-corrected chi connectivity index (χ1v) is 5.51. The van der Waals surface area contributed by atoms with Crippen LogP contribution in [0.5, 0.6) is 0 Å². The third kappa shape index (κ3) is 3.45. The molecule has 0 spiro atoms. The predicted molar refractivity (Wildman–Crippen MR) is 75.3 cm³/mol. The Morgan fingerprint density at radius 2 is 1.82 bits per heavy atom. The van der Waals surface area contributed by atoms with Gasteiger partial charge in [-0.15, -0.1) is 6.58 Å². The average molecular weight is 229 g/mol. The summed E-state index contributed by atoms with van der Waals surface area (Å²) >= 11 is 0. The van der Waals surface area contributed by atoms with E-state index in [1.54, 1.807) is 13.1 Å². The summed E-state index contributed by atoms with van der Waals surface area (Å²) in [6.45, 7) is 5.25. The Morgan fingerprint density at radius 3 is 2.41 bits per heavy atom. The van der Waals surface area contributed by atoms with Crippen molar-refractivity contribution in [2.75, 3.05) is 7.05 Å². The lowest BCUT2D eigenvalue weighted by Crippen LogP contribution is -2.17. The Kier molecular flexibility index (Phi) is 4.95. The number of rotatable bonds is 1. The number of nitrogens with one attached hydrogen (secondary N) is 1. The van der Waals surface area contributed by atoms with Crippen molar-refractivity contribution in [2.45, 2.75) is 6.92 Å². The molecule has 0 saturated heterocycles. The minimum absolute atomic E-state index is 0. The van der Waals surface area contributed by atoms with Crippen molar-refractivity contribution < 1.29 is 6.22 Å². The van der Waals surface area contributed by atoms with Crippen molar-refractivity contribution in [1.82, 2.24) is 5.32 Å². The quantitative estimate of drug-likeness (QED) is 0.743. The van der Waals surface area contributed by atoms with Gasteiger partial charge in [-0.1, -0.05) is 36.4 Å². The van der Waals surface area contributed by atoms with Gasteiger partial charge in [-0.25, -0.2) is 0 Å². The minimum Gasteiger partial charge on any atom is -0.355 e. The Labute approximate surface area is 103 Å². The van der Waals surface area contributed by atoms with Gasteiger partial charge in [0.05, 0.1) is 0 Å². The van der Waals surface area contributed by atoms with Crippen LogP contribution in [-0.2, 0) is 0 Å². The van der Waals surface area contributed by atoms with E-state index < -0.39 is 0 Å². The topological polar surface area (TPSA) is 29.1 Å². The Morgan fingerprint density at radius 1 is 1.24 bits per heavy atom. The van der Waals surface area contributed by atoms with E-state index in [9.17, 15) is 4.79 Å². The molecule has 2 rings (SSSR count).